The summed E-state index contributed by atoms with van der Waals surface area (Å²) >= 11 is 0. The highest BCUT2D eigenvalue weighted by molar-refractivity contribution is 6.04. The molecular formula is C23H30N2O3. The van der Waals surface area contributed by atoms with Gasteiger partial charge in [-0.15, -0.1) is 0 Å². The second-order valence-corrected chi connectivity index (χ2v) is 7.49. The number of hydrogen-bond donors (Lipinski definition) is 1. The van der Waals surface area contributed by atoms with Gasteiger partial charge in [0.2, 0.25) is 5.91 Å². The first kappa shape index (κ1) is 21.5. The maximum absolute atomic E-state index is 12.4. The van der Waals surface area contributed by atoms with Crippen molar-refractivity contribution in [2.75, 3.05) is 26.0 Å². The number of benzene rings is 2. The Morgan fingerprint density at radius 2 is 1.64 bits per heavy atom. The predicted molar refractivity (Wildman–Crippen MR) is 113 cm³/mol. The molecule has 5 nitrogen and oxygen atoms in total. The van der Waals surface area contributed by atoms with Crippen molar-refractivity contribution in [3.63, 3.8) is 0 Å². The van der Waals surface area contributed by atoms with Gasteiger partial charge in [0.25, 0.3) is 5.91 Å². The normalized spacial score (nSPS) is 10.6. The van der Waals surface area contributed by atoms with Crippen molar-refractivity contribution in [1.82, 2.24) is 4.90 Å². The SMILES string of the molecule is CC(C)CCOc1ccc(C(=O)Nc2ccc(CCC(=O)N(C)C)cc2)cc1. The maximum Gasteiger partial charge on any atom is 0.255 e. The number of carbonyl (C=O) groups excluding carboxylic acids is 2. The minimum absolute atomic E-state index is 0.106. The molecule has 1 N–H and O–H groups in total. The van der Waals surface area contributed by atoms with Crippen molar-refractivity contribution >= 4 is 17.5 Å². The summed E-state index contributed by atoms with van der Waals surface area (Å²) in [5.41, 5.74) is 2.37. The molecule has 0 aliphatic carbocycles. The molecule has 2 amide bonds. The van der Waals surface area contributed by atoms with Gasteiger partial charge in [0.05, 0.1) is 6.61 Å². The number of rotatable bonds is 9. The fourth-order valence-corrected chi connectivity index (χ4v) is 2.55. The summed E-state index contributed by atoms with van der Waals surface area (Å²) in [7, 11) is 3.51. The Morgan fingerprint density at radius 3 is 2.21 bits per heavy atom. The molecule has 150 valence electrons. The summed E-state index contributed by atoms with van der Waals surface area (Å²) in [6, 6.07) is 14.8. The second-order valence-electron chi connectivity index (χ2n) is 7.49. The lowest BCUT2D eigenvalue weighted by atomic mass is 10.1. The molecule has 2 aromatic rings. The minimum Gasteiger partial charge on any atom is -0.494 e. The third kappa shape index (κ3) is 7.06. The summed E-state index contributed by atoms with van der Waals surface area (Å²) in [6.07, 6.45) is 2.16. The molecular weight excluding hydrogens is 352 g/mol. The van der Waals surface area contributed by atoms with Crippen molar-refractivity contribution in [2.45, 2.75) is 33.1 Å². The van der Waals surface area contributed by atoms with Crippen LogP contribution in [0.5, 0.6) is 5.75 Å². The highest BCUT2D eigenvalue weighted by Crippen LogP contribution is 2.16. The van der Waals surface area contributed by atoms with E-state index >= 15 is 0 Å². The van der Waals surface area contributed by atoms with Crippen LogP contribution in [0.25, 0.3) is 0 Å². The van der Waals surface area contributed by atoms with E-state index in [9.17, 15) is 9.59 Å². The molecule has 5 heteroatoms. The van der Waals surface area contributed by atoms with E-state index in [0.717, 1.165) is 23.4 Å². The predicted octanol–water partition coefficient (Wildman–Crippen LogP) is 4.38. The summed E-state index contributed by atoms with van der Waals surface area (Å²) in [5, 5.41) is 2.89. The minimum atomic E-state index is -0.163. The summed E-state index contributed by atoms with van der Waals surface area (Å²) in [6.45, 7) is 5.00. The Kier molecular flexibility index (Phi) is 8.05. The Balaban J connectivity index is 1.85. The smallest absolute Gasteiger partial charge is 0.255 e. The molecule has 0 bridgehead atoms. The van der Waals surface area contributed by atoms with Gasteiger partial charge in [-0.25, -0.2) is 0 Å². The lowest BCUT2D eigenvalue weighted by Gasteiger charge is -2.11. The molecule has 0 heterocycles. The third-order valence-corrected chi connectivity index (χ3v) is 4.42. The molecule has 0 spiro atoms. The Hall–Kier alpha value is -2.82. The molecule has 0 atom stereocenters. The number of aryl methyl sites for hydroxylation is 1. The molecule has 28 heavy (non-hydrogen) atoms. The number of nitrogens with one attached hydrogen (secondary N) is 1. The molecule has 2 rings (SSSR count). The average molecular weight is 383 g/mol. The first-order valence-electron chi connectivity index (χ1n) is 9.68. The van der Waals surface area contributed by atoms with Gasteiger partial charge >= 0.3 is 0 Å². The average Bonchev–Trinajstić information content (AvgIpc) is 2.67. The Bertz CT molecular complexity index is 765. The Morgan fingerprint density at radius 1 is 1.00 bits per heavy atom. The zero-order valence-corrected chi connectivity index (χ0v) is 17.2. The molecule has 0 saturated heterocycles. The van der Waals surface area contributed by atoms with E-state index in [-0.39, 0.29) is 11.8 Å². The first-order chi connectivity index (χ1) is 13.3. The fourth-order valence-electron chi connectivity index (χ4n) is 2.55. The number of anilines is 1. The highest BCUT2D eigenvalue weighted by atomic mass is 16.5. The van der Waals surface area contributed by atoms with Gasteiger partial charge in [-0.3, -0.25) is 9.59 Å². The van der Waals surface area contributed by atoms with Gasteiger partial charge in [-0.1, -0.05) is 26.0 Å². The van der Waals surface area contributed by atoms with E-state index in [2.05, 4.69) is 19.2 Å². The van der Waals surface area contributed by atoms with Crippen LogP contribution in [0.2, 0.25) is 0 Å². The van der Waals surface area contributed by atoms with Crippen molar-refractivity contribution < 1.29 is 14.3 Å². The van der Waals surface area contributed by atoms with Crippen LogP contribution in [-0.2, 0) is 11.2 Å². The molecule has 0 fully saturated rings. The molecule has 0 aliphatic heterocycles. The molecule has 0 radical (unpaired) electrons. The van der Waals surface area contributed by atoms with Crippen LogP contribution < -0.4 is 10.1 Å². The van der Waals surface area contributed by atoms with Crippen LogP contribution in [0.4, 0.5) is 5.69 Å². The van der Waals surface area contributed by atoms with Crippen molar-refractivity contribution in [3.05, 3.63) is 59.7 Å². The fraction of sp³-hybridized carbons (Fsp3) is 0.391. The van der Waals surface area contributed by atoms with Gasteiger partial charge in [0.1, 0.15) is 5.75 Å². The largest absolute Gasteiger partial charge is 0.494 e. The van der Waals surface area contributed by atoms with Crippen LogP contribution in [0.15, 0.2) is 48.5 Å². The van der Waals surface area contributed by atoms with E-state index in [1.165, 1.54) is 0 Å². The topological polar surface area (TPSA) is 58.6 Å². The van der Waals surface area contributed by atoms with Gasteiger partial charge in [-0.2, -0.15) is 0 Å². The van der Waals surface area contributed by atoms with Gasteiger partial charge < -0.3 is 15.0 Å². The van der Waals surface area contributed by atoms with E-state index in [1.54, 1.807) is 31.1 Å². The second kappa shape index (κ2) is 10.5. The van der Waals surface area contributed by atoms with Gasteiger partial charge in [-0.05, 0) is 60.7 Å². The Labute approximate surface area is 167 Å². The number of ether oxygens (including phenoxy) is 1. The lowest BCUT2D eigenvalue weighted by molar-refractivity contribution is -0.128. The molecule has 0 aliphatic rings. The maximum atomic E-state index is 12.4. The van der Waals surface area contributed by atoms with E-state index in [0.29, 0.717) is 30.9 Å². The van der Waals surface area contributed by atoms with Crippen LogP contribution in [0, 0.1) is 5.92 Å². The van der Waals surface area contributed by atoms with E-state index in [4.69, 9.17) is 4.74 Å². The number of carbonyl (C=O) groups is 2. The van der Waals surface area contributed by atoms with Gasteiger partial charge in [0, 0.05) is 31.8 Å². The molecule has 0 unspecified atom stereocenters. The lowest BCUT2D eigenvalue weighted by Crippen LogP contribution is -2.21. The molecule has 0 saturated carbocycles. The summed E-state index contributed by atoms with van der Waals surface area (Å²) < 4.78 is 5.68. The van der Waals surface area contributed by atoms with Crippen molar-refractivity contribution in [3.8, 4) is 5.75 Å². The first-order valence-corrected chi connectivity index (χ1v) is 9.68. The molecule has 0 aromatic heterocycles. The van der Waals surface area contributed by atoms with Crippen molar-refractivity contribution in [2.24, 2.45) is 5.92 Å². The number of hydrogen-bond acceptors (Lipinski definition) is 3. The quantitative estimate of drug-likeness (QED) is 0.700. The molecule has 2 aromatic carbocycles. The standard InChI is InChI=1S/C23H30N2O3/c1-17(2)15-16-28-21-12-8-19(9-13-21)23(27)24-20-10-5-18(6-11-20)7-14-22(26)25(3)4/h5-6,8-13,17H,7,14-16H2,1-4H3,(H,24,27). The zero-order valence-electron chi connectivity index (χ0n) is 17.2. The monoisotopic (exact) mass is 382 g/mol. The van der Waals surface area contributed by atoms with Gasteiger partial charge in [0.15, 0.2) is 0 Å². The highest BCUT2D eigenvalue weighted by Gasteiger charge is 2.08. The van der Waals surface area contributed by atoms with Crippen molar-refractivity contribution in [1.29, 1.82) is 0 Å². The number of amides is 2. The van der Waals surface area contributed by atoms with Crippen LogP contribution in [0.3, 0.4) is 0 Å². The van der Waals surface area contributed by atoms with Crippen LogP contribution in [0.1, 0.15) is 42.6 Å². The van der Waals surface area contributed by atoms with E-state index < -0.39 is 0 Å². The number of nitrogens with zero attached hydrogens (tertiary/aromatic N) is 1. The third-order valence-electron chi connectivity index (χ3n) is 4.42. The van der Waals surface area contributed by atoms with Crippen LogP contribution in [-0.4, -0.2) is 37.4 Å². The zero-order chi connectivity index (χ0) is 20.5. The van der Waals surface area contributed by atoms with E-state index in [1.807, 2.05) is 36.4 Å². The van der Waals surface area contributed by atoms with Crippen LogP contribution >= 0.6 is 0 Å². The summed E-state index contributed by atoms with van der Waals surface area (Å²) in [4.78, 5) is 25.7. The summed E-state index contributed by atoms with van der Waals surface area (Å²) in [5.74, 6) is 1.32.